The fourth-order valence-corrected chi connectivity index (χ4v) is 2.03. The van der Waals surface area contributed by atoms with E-state index in [2.05, 4.69) is 9.47 Å². The molecule has 1 aromatic rings. The van der Waals surface area contributed by atoms with E-state index < -0.39 is 38.4 Å². The molecule has 0 radical (unpaired) electrons. The summed E-state index contributed by atoms with van der Waals surface area (Å²) < 4.78 is 89.2. The predicted octanol–water partition coefficient (Wildman–Crippen LogP) is 3.11. The molecule has 0 unspecified atom stereocenters. The molecule has 0 aliphatic heterocycles. The van der Waals surface area contributed by atoms with Gasteiger partial charge in [0.25, 0.3) is 9.05 Å². The van der Waals surface area contributed by atoms with Gasteiger partial charge in [0.15, 0.2) is 0 Å². The molecule has 0 bridgehead atoms. The molecule has 0 atom stereocenters. The molecule has 0 saturated carbocycles. The zero-order valence-corrected chi connectivity index (χ0v) is 10.2. The third-order valence-corrected chi connectivity index (χ3v) is 2.97. The number of hydrogen-bond donors (Lipinski definition) is 0. The van der Waals surface area contributed by atoms with Gasteiger partial charge in [0.2, 0.25) is 0 Å². The minimum Gasteiger partial charge on any atom is -0.435 e. The normalized spacial score (nSPS) is 12.6. The van der Waals surface area contributed by atoms with Crippen molar-refractivity contribution in [3.63, 3.8) is 0 Å². The third-order valence-electron chi connectivity index (χ3n) is 1.63. The first-order valence-corrected chi connectivity index (χ1v) is 6.59. The summed E-state index contributed by atoms with van der Waals surface area (Å²) in [6, 6.07) is 1.58. The zero-order chi connectivity index (χ0) is 14.8. The van der Waals surface area contributed by atoms with Crippen molar-refractivity contribution in [2.75, 3.05) is 0 Å². The molecular weight excluding hydrogens is 323 g/mol. The van der Waals surface area contributed by atoms with E-state index in [1.54, 1.807) is 0 Å². The molecule has 11 heteroatoms. The summed E-state index contributed by atoms with van der Waals surface area (Å²) in [5.41, 5.74) is 0. The Hall–Kier alpha value is -1.29. The SMILES string of the molecule is O=S(=O)(Cl)c1cc(OC(F)F)ccc1OC(F)(F)F. The molecule has 0 aromatic heterocycles. The first kappa shape index (κ1) is 15.8. The van der Waals surface area contributed by atoms with Crippen molar-refractivity contribution in [2.24, 2.45) is 0 Å². The van der Waals surface area contributed by atoms with Crippen LogP contribution in [0.15, 0.2) is 23.1 Å². The van der Waals surface area contributed by atoms with Crippen LogP contribution in [-0.4, -0.2) is 21.4 Å². The van der Waals surface area contributed by atoms with E-state index in [-0.39, 0.29) is 0 Å². The Morgan fingerprint density at radius 3 is 2.21 bits per heavy atom. The zero-order valence-electron chi connectivity index (χ0n) is 8.62. The van der Waals surface area contributed by atoms with Crippen LogP contribution in [0.2, 0.25) is 0 Å². The van der Waals surface area contributed by atoms with Crippen molar-refractivity contribution in [2.45, 2.75) is 17.9 Å². The highest BCUT2D eigenvalue weighted by Crippen LogP contribution is 2.34. The van der Waals surface area contributed by atoms with Crippen molar-refractivity contribution in [1.29, 1.82) is 0 Å². The van der Waals surface area contributed by atoms with Crippen LogP contribution in [0.4, 0.5) is 22.0 Å². The van der Waals surface area contributed by atoms with Gasteiger partial charge in [-0.05, 0) is 12.1 Å². The van der Waals surface area contributed by atoms with Gasteiger partial charge in [-0.15, -0.1) is 13.2 Å². The lowest BCUT2D eigenvalue weighted by atomic mass is 10.3. The highest BCUT2D eigenvalue weighted by molar-refractivity contribution is 8.13. The average molecular weight is 327 g/mol. The molecule has 0 aliphatic rings. The van der Waals surface area contributed by atoms with Crippen molar-refractivity contribution in [3.8, 4) is 11.5 Å². The summed E-state index contributed by atoms with van der Waals surface area (Å²) in [6.07, 6.45) is -5.17. The Morgan fingerprint density at radius 1 is 1.21 bits per heavy atom. The van der Waals surface area contributed by atoms with Crippen molar-refractivity contribution in [3.05, 3.63) is 18.2 Å². The van der Waals surface area contributed by atoms with Crippen LogP contribution in [0, 0.1) is 0 Å². The van der Waals surface area contributed by atoms with E-state index in [0.29, 0.717) is 18.2 Å². The summed E-state index contributed by atoms with van der Waals surface area (Å²) in [6.45, 7) is -3.28. The van der Waals surface area contributed by atoms with E-state index >= 15 is 0 Å². The molecule has 19 heavy (non-hydrogen) atoms. The van der Waals surface area contributed by atoms with Crippen molar-refractivity contribution >= 4 is 19.7 Å². The largest absolute Gasteiger partial charge is 0.573 e. The van der Waals surface area contributed by atoms with Crippen LogP contribution < -0.4 is 9.47 Å². The molecule has 0 spiro atoms. The first-order chi connectivity index (χ1) is 8.49. The summed E-state index contributed by atoms with van der Waals surface area (Å²) in [4.78, 5) is -1.13. The maximum Gasteiger partial charge on any atom is 0.573 e. The average Bonchev–Trinajstić information content (AvgIpc) is 2.15. The van der Waals surface area contributed by atoms with Crippen molar-refractivity contribution in [1.82, 2.24) is 0 Å². The maximum absolute atomic E-state index is 12.0. The Bertz CT molecular complexity index is 557. The first-order valence-electron chi connectivity index (χ1n) is 4.28. The van der Waals surface area contributed by atoms with E-state index in [1.807, 2.05) is 0 Å². The Labute approximate surface area is 108 Å². The number of ether oxygens (including phenoxy) is 2. The van der Waals surface area contributed by atoms with Gasteiger partial charge in [-0.1, -0.05) is 0 Å². The minimum absolute atomic E-state index is 0.398. The maximum atomic E-state index is 12.0. The van der Waals surface area contributed by atoms with Gasteiger partial charge < -0.3 is 9.47 Å². The monoisotopic (exact) mass is 326 g/mol. The van der Waals surface area contributed by atoms with Gasteiger partial charge in [0.1, 0.15) is 16.4 Å². The lowest BCUT2D eigenvalue weighted by Crippen LogP contribution is -2.18. The van der Waals surface area contributed by atoms with E-state index in [4.69, 9.17) is 10.7 Å². The van der Waals surface area contributed by atoms with Gasteiger partial charge in [-0.25, -0.2) is 8.42 Å². The van der Waals surface area contributed by atoms with E-state index in [9.17, 15) is 30.4 Å². The number of benzene rings is 1. The molecule has 0 heterocycles. The Kier molecular flexibility index (Phi) is 4.46. The standard InChI is InChI=1S/C8H4ClF5O4S/c9-19(15,16)6-3-4(17-7(10)11)1-2-5(6)18-8(12,13)14/h1-3,7H. The number of hydrogen-bond acceptors (Lipinski definition) is 4. The number of rotatable bonds is 4. The van der Waals surface area contributed by atoms with Gasteiger partial charge in [0.05, 0.1) is 0 Å². The number of alkyl halides is 5. The smallest absolute Gasteiger partial charge is 0.435 e. The molecule has 108 valence electrons. The van der Waals surface area contributed by atoms with Crippen LogP contribution >= 0.6 is 10.7 Å². The Morgan fingerprint density at radius 2 is 1.79 bits per heavy atom. The fourth-order valence-electron chi connectivity index (χ4n) is 1.06. The van der Waals surface area contributed by atoms with Crippen LogP contribution in [-0.2, 0) is 9.05 Å². The lowest BCUT2D eigenvalue weighted by molar-refractivity contribution is -0.275. The van der Waals surface area contributed by atoms with Crippen molar-refractivity contribution < 1.29 is 39.8 Å². The second kappa shape index (κ2) is 5.37. The molecule has 0 aliphatic carbocycles. The topological polar surface area (TPSA) is 52.6 Å². The molecule has 1 rings (SSSR count). The molecule has 0 N–H and O–H groups in total. The lowest BCUT2D eigenvalue weighted by Gasteiger charge is -2.13. The quantitative estimate of drug-likeness (QED) is 0.630. The highest BCUT2D eigenvalue weighted by Gasteiger charge is 2.34. The van der Waals surface area contributed by atoms with E-state index in [0.717, 1.165) is 0 Å². The molecule has 4 nitrogen and oxygen atoms in total. The van der Waals surface area contributed by atoms with Gasteiger partial charge in [-0.2, -0.15) is 8.78 Å². The third kappa shape index (κ3) is 5.07. The summed E-state index contributed by atoms with van der Waals surface area (Å²) >= 11 is 0. The summed E-state index contributed by atoms with van der Waals surface area (Å²) in [7, 11) is 0.241. The van der Waals surface area contributed by atoms with Crippen LogP contribution in [0.5, 0.6) is 11.5 Å². The molecule has 0 amide bonds. The molecular formula is C8H4ClF5O4S. The van der Waals surface area contributed by atoms with Gasteiger partial charge >= 0.3 is 13.0 Å². The van der Waals surface area contributed by atoms with Crippen LogP contribution in [0.25, 0.3) is 0 Å². The molecule has 0 saturated heterocycles. The van der Waals surface area contributed by atoms with E-state index in [1.165, 1.54) is 0 Å². The fraction of sp³-hybridized carbons (Fsp3) is 0.250. The van der Waals surface area contributed by atoms with Crippen LogP contribution in [0.3, 0.4) is 0 Å². The van der Waals surface area contributed by atoms with Gasteiger partial charge in [0, 0.05) is 16.7 Å². The number of halogens is 6. The Balaban J connectivity index is 3.26. The van der Waals surface area contributed by atoms with Crippen LogP contribution in [0.1, 0.15) is 0 Å². The predicted molar refractivity (Wildman–Crippen MR) is 52.8 cm³/mol. The molecule has 1 aromatic carbocycles. The summed E-state index contributed by atoms with van der Waals surface area (Å²) in [5.74, 6) is -1.83. The highest BCUT2D eigenvalue weighted by atomic mass is 35.7. The summed E-state index contributed by atoms with van der Waals surface area (Å²) in [5, 5.41) is 0. The van der Waals surface area contributed by atoms with Gasteiger partial charge in [-0.3, -0.25) is 0 Å². The minimum atomic E-state index is -5.17. The second-order valence-electron chi connectivity index (χ2n) is 2.97. The molecule has 0 fully saturated rings. The second-order valence-corrected chi connectivity index (χ2v) is 5.51.